The van der Waals surface area contributed by atoms with Crippen LogP contribution in [-0.2, 0) is 23.8 Å². The molecule has 5 heteroatoms. The molecule has 0 radical (unpaired) electrons. The van der Waals surface area contributed by atoms with Crippen LogP contribution in [0.15, 0.2) is 0 Å². The van der Waals surface area contributed by atoms with E-state index in [1.807, 2.05) is 13.8 Å². The van der Waals surface area contributed by atoms with E-state index < -0.39 is 0 Å². The van der Waals surface area contributed by atoms with Gasteiger partial charge in [-0.15, -0.1) is 0 Å². The van der Waals surface area contributed by atoms with Crippen molar-refractivity contribution in [3.05, 3.63) is 0 Å². The summed E-state index contributed by atoms with van der Waals surface area (Å²) in [6.45, 7) is 8.53. The van der Waals surface area contributed by atoms with Crippen LogP contribution in [0.4, 0.5) is 0 Å². The van der Waals surface area contributed by atoms with Crippen molar-refractivity contribution in [1.82, 2.24) is 0 Å². The number of ether oxygens (including phenoxy) is 3. The van der Waals surface area contributed by atoms with Gasteiger partial charge in [0.15, 0.2) is 6.10 Å². The minimum Gasteiger partial charge on any atom is -0.466 e. The third kappa shape index (κ3) is 6.34. The van der Waals surface area contributed by atoms with Crippen LogP contribution in [0.1, 0.15) is 66.2 Å². The van der Waals surface area contributed by atoms with Gasteiger partial charge in [0.05, 0.1) is 13.2 Å². The van der Waals surface area contributed by atoms with Crippen LogP contribution in [-0.4, -0.2) is 36.9 Å². The quantitative estimate of drug-likeness (QED) is 0.333. The summed E-state index contributed by atoms with van der Waals surface area (Å²) in [5.74, 6) is 0.0123. The lowest BCUT2D eigenvalue weighted by molar-refractivity contribution is -0.145. The third-order valence-electron chi connectivity index (χ3n) is 4.08. The molecule has 0 aromatic carbocycles. The Kier molecular flexibility index (Phi) is 7.87. The molecule has 0 amide bonds. The molecule has 1 heterocycles. The van der Waals surface area contributed by atoms with Crippen LogP contribution < -0.4 is 0 Å². The summed E-state index contributed by atoms with van der Waals surface area (Å²) in [4.78, 5) is 22.9. The second kappa shape index (κ2) is 9.13. The smallest absolute Gasteiger partial charge is 0.338 e. The van der Waals surface area contributed by atoms with E-state index in [0.29, 0.717) is 25.6 Å². The van der Waals surface area contributed by atoms with E-state index in [1.54, 1.807) is 6.92 Å². The molecule has 128 valence electrons. The van der Waals surface area contributed by atoms with Gasteiger partial charge in [-0.2, -0.15) is 0 Å². The average molecular weight is 314 g/mol. The number of unbranched alkanes of at least 4 members (excludes halogenated alkanes) is 2. The van der Waals surface area contributed by atoms with Crippen molar-refractivity contribution in [3.63, 3.8) is 0 Å². The second-order valence-electron chi connectivity index (χ2n) is 6.28. The van der Waals surface area contributed by atoms with Crippen LogP contribution in [0, 0.1) is 5.92 Å². The molecule has 1 aliphatic heterocycles. The van der Waals surface area contributed by atoms with Crippen molar-refractivity contribution in [2.75, 3.05) is 13.2 Å². The SMILES string of the molecule is CCOC(=O)CC(C)CCCCCC1(C)OC1C(=O)OCC. The van der Waals surface area contributed by atoms with Gasteiger partial charge in [-0.25, -0.2) is 4.79 Å². The molecule has 0 bridgehead atoms. The van der Waals surface area contributed by atoms with Crippen molar-refractivity contribution >= 4 is 11.9 Å². The molecule has 0 aromatic heterocycles. The topological polar surface area (TPSA) is 65.1 Å². The Hall–Kier alpha value is -1.10. The van der Waals surface area contributed by atoms with Crippen molar-refractivity contribution in [3.8, 4) is 0 Å². The number of rotatable bonds is 11. The monoisotopic (exact) mass is 314 g/mol. The Balaban J connectivity index is 2.06. The molecule has 3 unspecified atom stereocenters. The minimum atomic E-state index is -0.379. The molecule has 0 saturated carbocycles. The van der Waals surface area contributed by atoms with Gasteiger partial charge in [-0.1, -0.05) is 32.6 Å². The number of hydrogen-bond acceptors (Lipinski definition) is 5. The highest BCUT2D eigenvalue weighted by Gasteiger charge is 2.57. The van der Waals surface area contributed by atoms with Gasteiger partial charge >= 0.3 is 11.9 Å². The maximum Gasteiger partial charge on any atom is 0.338 e. The molecule has 1 aliphatic rings. The first-order valence-corrected chi connectivity index (χ1v) is 8.43. The zero-order valence-corrected chi connectivity index (χ0v) is 14.4. The molecule has 0 aliphatic carbocycles. The third-order valence-corrected chi connectivity index (χ3v) is 4.08. The Morgan fingerprint density at radius 2 is 1.82 bits per heavy atom. The Morgan fingerprint density at radius 3 is 2.45 bits per heavy atom. The van der Waals surface area contributed by atoms with Crippen LogP contribution in [0.25, 0.3) is 0 Å². The number of carbonyl (C=O) groups excluding carboxylic acids is 2. The van der Waals surface area contributed by atoms with Crippen LogP contribution >= 0.6 is 0 Å². The maximum atomic E-state index is 11.6. The first kappa shape index (κ1) is 18.9. The fourth-order valence-electron chi connectivity index (χ4n) is 2.69. The molecule has 0 N–H and O–H groups in total. The van der Waals surface area contributed by atoms with Gasteiger partial charge in [-0.05, 0) is 33.1 Å². The highest BCUT2D eigenvalue weighted by Crippen LogP contribution is 2.41. The lowest BCUT2D eigenvalue weighted by Gasteiger charge is -2.11. The van der Waals surface area contributed by atoms with Gasteiger partial charge in [0.2, 0.25) is 0 Å². The van der Waals surface area contributed by atoms with E-state index in [0.717, 1.165) is 32.1 Å². The Labute approximate surface area is 133 Å². The Morgan fingerprint density at radius 1 is 1.14 bits per heavy atom. The first-order chi connectivity index (χ1) is 10.4. The van der Waals surface area contributed by atoms with Crippen molar-refractivity contribution in [1.29, 1.82) is 0 Å². The summed E-state index contributed by atoms with van der Waals surface area (Å²) in [6, 6.07) is 0. The second-order valence-corrected chi connectivity index (χ2v) is 6.28. The van der Waals surface area contributed by atoms with Crippen molar-refractivity contribution < 1.29 is 23.8 Å². The Bertz CT molecular complexity index is 368. The molecular formula is C17H30O5. The number of epoxide rings is 1. The summed E-state index contributed by atoms with van der Waals surface area (Å²) in [6.07, 6.45) is 5.22. The first-order valence-electron chi connectivity index (χ1n) is 8.43. The van der Waals surface area contributed by atoms with Gasteiger partial charge in [0.1, 0.15) is 5.60 Å². The largest absolute Gasteiger partial charge is 0.466 e. The lowest BCUT2D eigenvalue weighted by Crippen LogP contribution is -2.20. The fourth-order valence-corrected chi connectivity index (χ4v) is 2.69. The fraction of sp³-hybridized carbons (Fsp3) is 0.882. The number of hydrogen-bond donors (Lipinski definition) is 0. The average Bonchev–Trinajstić information content (AvgIpc) is 3.11. The predicted octanol–water partition coefficient (Wildman–Crippen LogP) is 3.25. The molecule has 0 spiro atoms. The molecule has 5 nitrogen and oxygen atoms in total. The number of carbonyl (C=O) groups is 2. The molecular weight excluding hydrogens is 284 g/mol. The molecule has 1 rings (SSSR count). The van der Waals surface area contributed by atoms with E-state index in [4.69, 9.17) is 14.2 Å². The highest BCUT2D eigenvalue weighted by molar-refractivity contribution is 5.79. The van der Waals surface area contributed by atoms with Crippen molar-refractivity contribution in [2.45, 2.75) is 77.9 Å². The van der Waals surface area contributed by atoms with Gasteiger partial charge in [0.25, 0.3) is 0 Å². The van der Waals surface area contributed by atoms with Crippen molar-refractivity contribution in [2.24, 2.45) is 5.92 Å². The zero-order chi connectivity index (χ0) is 16.6. The standard InChI is InChI=1S/C17H30O5/c1-5-20-14(18)12-13(3)10-8-7-9-11-17(4)15(22-17)16(19)21-6-2/h13,15H,5-12H2,1-4H3. The van der Waals surface area contributed by atoms with Gasteiger partial charge in [0, 0.05) is 6.42 Å². The van der Waals surface area contributed by atoms with E-state index in [1.165, 1.54) is 0 Å². The predicted molar refractivity (Wildman–Crippen MR) is 83.4 cm³/mol. The van der Waals surface area contributed by atoms with E-state index in [9.17, 15) is 9.59 Å². The zero-order valence-electron chi connectivity index (χ0n) is 14.4. The number of esters is 2. The van der Waals surface area contributed by atoms with Crippen LogP contribution in [0.5, 0.6) is 0 Å². The maximum absolute atomic E-state index is 11.6. The normalized spacial score (nSPS) is 24.6. The van der Waals surface area contributed by atoms with E-state index in [2.05, 4.69) is 6.92 Å². The van der Waals surface area contributed by atoms with Crippen LogP contribution in [0.3, 0.4) is 0 Å². The lowest BCUT2D eigenvalue weighted by atomic mass is 9.96. The molecule has 0 aromatic rings. The van der Waals surface area contributed by atoms with E-state index >= 15 is 0 Å². The summed E-state index contributed by atoms with van der Waals surface area (Å²) < 4.78 is 15.4. The van der Waals surface area contributed by atoms with Gasteiger partial charge < -0.3 is 14.2 Å². The summed E-state index contributed by atoms with van der Waals surface area (Å²) >= 11 is 0. The van der Waals surface area contributed by atoms with Crippen LogP contribution in [0.2, 0.25) is 0 Å². The van der Waals surface area contributed by atoms with Gasteiger partial charge in [-0.3, -0.25) is 4.79 Å². The molecule has 22 heavy (non-hydrogen) atoms. The summed E-state index contributed by atoms with van der Waals surface area (Å²) in [5.41, 5.74) is -0.331. The summed E-state index contributed by atoms with van der Waals surface area (Å²) in [7, 11) is 0. The molecule has 1 saturated heterocycles. The highest BCUT2D eigenvalue weighted by atomic mass is 16.7. The summed E-state index contributed by atoms with van der Waals surface area (Å²) in [5, 5.41) is 0. The minimum absolute atomic E-state index is 0.105. The molecule has 3 atom stereocenters. The van der Waals surface area contributed by atoms with E-state index in [-0.39, 0.29) is 23.6 Å². The molecule has 1 fully saturated rings.